The Morgan fingerprint density at radius 3 is 2.46 bits per heavy atom. The summed E-state index contributed by atoms with van der Waals surface area (Å²) in [5.41, 5.74) is 0.945. The van der Waals surface area contributed by atoms with Crippen LogP contribution in [-0.4, -0.2) is 26.1 Å². The topological polar surface area (TPSA) is 88.4 Å². The molecule has 1 aromatic heterocycles. The average Bonchev–Trinajstić information content (AvgIpc) is 3.11. The molecule has 142 valence electrons. The molecule has 26 heavy (non-hydrogen) atoms. The summed E-state index contributed by atoms with van der Waals surface area (Å²) in [5.74, 6) is 0.384. The van der Waals surface area contributed by atoms with Crippen LogP contribution in [0.3, 0.4) is 0 Å². The number of hydrogen-bond acceptors (Lipinski definition) is 4. The Morgan fingerprint density at radius 2 is 1.85 bits per heavy atom. The minimum atomic E-state index is -3.58. The van der Waals surface area contributed by atoms with Gasteiger partial charge >= 0.3 is 0 Å². The zero-order valence-electron chi connectivity index (χ0n) is 15.1. The number of carbonyl (C=O) groups excluding carboxylic acids is 1. The third kappa shape index (κ3) is 7.01. The van der Waals surface area contributed by atoms with Crippen molar-refractivity contribution in [3.63, 3.8) is 0 Å². The second kappa shape index (κ2) is 9.54. The molecule has 0 aliphatic carbocycles. The first-order valence-corrected chi connectivity index (χ1v) is 10.3. The summed E-state index contributed by atoms with van der Waals surface area (Å²) in [5, 5.41) is 2.73. The maximum absolute atomic E-state index is 12.4. The van der Waals surface area contributed by atoms with Gasteiger partial charge in [-0.3, -0.25) is 4.79 Å². The molecule has 0 saturated carbocycles. The SMILES string of the molecule is CC(C)C[C@H](NS(=O)(=O)CCc1ccccc1)C(=O)NCc1ccco1. The van der Waals surface area contributed by atoms with Crippen molar-refractivity contribution < 1.29 is 17.6 Å². The van der Waals surface area contributed by atoms with Crippen LogP contribution in [0, 0.1) is 5.92 Å². The van der Waals surface area contributed by atoms with E-state index in [0.29, 0.717) is 18.6 Å². The third-order valence-corrected chi connectivity index (χ3v) is 5.25. The lowest BCUT2D eigenvalue weighted by atomic mass is 10.0. The molecule has 2 rings (SSSR count). The highest BCUT2D eigenvalue weighted by molar-refractivity contribution is 7.89. The molecule has 2 aromatic rings. The Hall–Kier alpha value is -2.12. The number of amides is 1. The molecule has 2 N–H and O–H groups in total. The first kappa shape index (κ1) is 20.2. The highest BCUT2D eigenvalue weighted by Gasteiger charge is 2.25. The zero-order chi connectivity index (χ0) is 19.0. The van der Waals surface area contributed by atoms with Gasteiger partial charge in [-0.2, -0.15) is 0 Å². The van der Waals surface area contributed by atoms with Gasteiger partial charge in [0.25, 0.3) is 0 Å². The van der Waals surface area contributed by atoms with Crippen molar-refractivity contribution >= 4 is 15.9 Å². The van der Waals surface area contributed by atoms with Gasteiger partial charge in [0.1, 0.15) is 11.8 Å². The van der Waals surface area contributed by atoms with E-state index in [9.17, 15) is 13.2 Å². The van der Waals surface area contributed by atoms with Gasteiger partial charge in [0.15, 0.2) is 0 Å². The maximum Gasteiger partial charge on any atom is 0.238 e. The summed E-state index contributed by atoms with van der Waals surface area (Å²) < 4.78 is 32.6. The Morgan fingerprint density at radius 1 is 1.12 bits per heavy atom. The predicted octanol–water partition coefficient (Wildman–Crippen LogP) is 2.47. The van der Waals surface area contributed by atoms with Gasteiger partial charge in [0, 0.05) is 0 Å². The zero-order valence-corrected chi connectivity index (χ0v) is 16.0. The van der Waals surface area contributed by atoms with Gasteiger partial charge in [-0.15, -0.1) is 0 Å². The first-order chi connectivity index (χ1) is 12.4. The second-order valence-corrected chi connectivity index (χ2v) is 8.53. The third-order valence-electron chi connectivity index (χ3n) is 3.86. The van der Waals surface area contributed by atoms with Gasteiger partial charge in [-0.25, -0.2) is 13.1 Å². The molecule has 6 nitrogen and oxygen atoms in total. The number of carbonyl (C=O) groups is 1. The summed E-state index contributed by atoms with van der Waals surface area (Å²) in [7, 11) is -3.58. The van der Waals surface area contributed by atoms with Crippen LogP contribution in [-0.2, 0) is 27.8 Å². The van der Waals surface area contributed by atoms with Crippen LogP contribution in [0.15, 0.2) is 53.1 Å². The van der Waals surface area contributed by atoms with E-state index in [-0.39, 0.29) is 24.1 Å². The van der Waals surface area contributed by atoms with E-state index in [1.54, 1.807) is 12.1 Å². The van der Waals surface area contributed by atoms with Crippen LogP contribution < -0.4 is 10.0 Å². The molecule has 0 saturated heterocycles. The van der Waals surface area contributed by atoms with E-state index in [2.05, 4.69) is 10.0 Å². The van der Waals surface area contributed by atoms with Crippen LogP contribution >= 0.6 is 0 Å². The van der Waals surface area contributed by atoms with Crippen molar-refractivity contribution in [1.29, 1.82) is 0 Å². The molecule has 0 bridgehead atoms. The lowest BCUT2D eigenvalue weighted by Gasteiger charge is -2.20. The van der Waals surface area contributed by atoms with E-state index in [4.69, 9.17) is 4.42 Å². The summed E-state index contributed by atoms with van der Waals surface area (Å²) in [6.45, 7) is 4.13. The van der Waals surface area contributed by atoms with Crippen LogP contribution in [0.5, 0.6) is 0 Å². The predicted molar refractivity (Wildman–Crippen MR) is 101 cm³/mol. The van der Waals surface area contributed by atoms with Crippen LogP contribution in [0.1, 0.15) is 31.6 Å². The van der Waals surface area contributed by atoms with E-state index < -0.39 is 16.1 Å². The Labute approximate surface area is 155 Å². The van der Waals surface area contributed by atoms with Crippen molar-refractivity contribution in [3.05, 3.63) is 60.1 Å². The molecule has 0 fully saturated rings. The van der Waals surface area contributed by atoms with E-state index >= 15 is 0 Å². The molecular formula is C19H26N2O4S. The number of sulfonamides is 1. The quantitative estimate of drug-likeness (QED) is 0.665. The lowest BCUT2D eigenvalue weighted by molar-refractivity contribution is -0.123. The van der Waals surface area contributed by atoms with Gasteiger partial charge in [0.05, 0.1) is 18.6 Å². The molecule has 0 unspecified atom stereocenters. The molecule has 0 radical (unpaired) electrons. The number of aryl methyl sites for hydroxylation is 1. The summed E-state index contributed by atoms with van der Waals surface area (Å²) in [6.07, 6.45) is 2.35. The van der Waals surface area contributed by atoms with Crippen LogP contribution in [0.25, 0.3) is 0 Å². The highest BCUT2D eigenvalue weighted by atomic mass is 32.2. The number of hydrogen-bond donors (Lipinski definition) is 2. The van der Waals surface area contributed by atoms with Crippen LogP contribution in [0.2, 0.25) is 0 Å². The molecule has 0 aliphatic rings. The van der Waals surface area contributed by atoms with Gasteiger partial charge < -0.3 is 9.73 Å². The van der Waals surface area contributed by atoms with Crippen molar-refractivity contribution in [2.24, 2.45) is 5.92 Å². The van der Waals surface area contributed by atoms with Crippen molar-refractivity contribution in [3.8, 4) is 0 Å². The summed E-state index contributed by atoms with van der Waals surface area (Å²) in [4.78, 5) is 12.4. The molecule has 1 amide bonds. The molecule has 1 aromatic carbocycles. The fourth-order valence-corrected chi connectivity index (χ4v) is 3.82. The summed E-state index contributed by atoms with van der Waals surface area (Å²) in [6, 6.07) is 12.1. The van der Waals surface area contributed by atoms with E-state index in [1.807, 2.05) is 44.2 Å². The minimum absolute atomic E-state index is 0.0585. The Balaban J connectivity index is 1.95. The fraction of sp³-hybridized carbons (Fsp3) is 0.421. The van der Waals surface area contributed by atoms with E-state index in [1.165, 1.54) is 6.26 Å². The lowest BCUT2D eigenvalue weighted by Crippen LogP contribution is -2.47. The van der Waals surface area contributed by atoms with Crippen molar-refractivity contribution in [2.75, 3.05) is 5.75 Å². The fourth-order valence-electron chi connectivity index (χ4n) is 2.56. The molecule has 0 aliphatic heterocycles. The van der Waals surface area contributed by atoms with Gasteiger partial charge in [0.2, 0.25) is 15.9 Å². The molecule has 1 atom stereocenters. The highest BCUT2D eigenvalue weighted by Crippen LogP contribution is 2.09. The number of nitrogens with one attached hydrogen (secondary N) is 2. The van der Waals surface area contributed by atoms with Crippen molar-refractivity contribution in [2.45, 2.75) is 39.3 Å². The summed E-state index contributed by atoms with van der Waals surface area (Å²) >= 11 is 0. The first-order valence-electron chi connectivity index (χ1n) is 8.70. The number of benzene rings is 1. The largest absolute Gasteiger partial charge is 0.467 e. The van der Waals surface area contributed by atoms with Gasteiger partial charge in [-0.1, -0.05) is 44.2 Å². The second-order valence-electron chi connectivity index (χ2n) is 6.65. The number of rotatable bonds is 10. The monoisotopic (exact) mass is 378 g/mol. The molecule has 0 spiro atoms. The Bertz CT molecular complexity index is 771. The maximum atomic E-state index is 12.4. The molecule has 7 heteroatoms. The standard InChI is InChI=1S/C19H26N2O4S/c1-15(2)13-18(19(22)20-14-17-9-6-11-25-17)21-26(23,24)12-10-16-7-4-3-5-8-16/h3-9,11,15,18,21H,10,12-14H2,1-2H3,(H,20,22)/t18-/m0/s1. The van der Waals surface area contributed by atoms with Crippen LogP contribution in [0.4, 0.5) is 0 Å². The van der Waals surface area contributed by atoms with Crippen molar-refractivity contribution in [1.82, 2.24) is 10.0 Å². The van der Waals surface area contributed by atoms with Gasteiger partial charge in [-0.05, 0) is 36.5 Å². The molecule has 1 heterocycles. The minimum Gasteiger partial charge on any atom is -0.467 e. The molecular weight excluding hydrogens is 352 g/mol. The normalized spacial score (nSPS) is 12.9. The Kier molecular flexibility index (Phi) is 7.41. The smallest absolute Gasteiger partial charge is 0.238 e. The van der Waals surface area contributed by atoms with E-state index in [0.717, 1.165) is 5.56 Å². The average molecular weight is 378 g/mol. The number of furan rings is 1.